The summed E-state index contributed by atoms with van der Waals surface area (Å²) < 4.78 is 16.1. The first-order valence-corrected chi connectivity index (χ1v) is 5.62. The van der Waals surface area contributed by atoms with Crippen LogP contribution in [0.15, 0.2) is 18.2 Å². The fourth-order valence-corrected chi connectivity index (χ4v) is 1.92. The number of ether oxygens (including phenoxy) is 3. The molecule has 1 aliphatic rings. The normalized spacial score (nSPS) is 19.2. The van der Waals surface area contributed by atoms with Gasteiger partial charge in [-0.1, -0.05) is 0 Å². The Balaban J connectivity index is 2.11. The Labute approximate surface area is 100 Å². The van der Waals surface area contributed by atoms with Gasteiger partial charge in [-0.2, -0.15) is 0 Å². The number of carbonyl (C=O) groups is 1. The molecule has 1 fully saturated rings. The first kappa shape index (κ1) is 11.8. The maximum atomic E-state index is 11.2. The van der Waals surface area contributed by atoms with Crippen LogP contribution in [0.2, 0.25) is 0 Å². The Kier molecular flexibility index (Phi) is 3.52. The summed E-state index contributed by atoms with van der Waals surface area (Å²) in [6.07, 6.45) is 1.89. The zero-order chi connectivity index (χ0) is 12.3. The van der Waals surface area contributed by atoms with Crippen LogP contribution in [0, 0.1) is 0 Å². The Morgan fingerprint density at radius 1 is 1.06 bits per heavy atom. The molecule has 4 heteroatoms. The van der Waals surface area contributed by atoms with Crippen LogP contribution in [0.5, 0.6) is 17.2 Å². The lowest BCUT2D eigenvalue weighted by Crippen LogP contribution is -2.12. The van der Waals surface area contributed by atoms with Crippen molar-refractivity contribution < 1.29 is 19.0 Å². The average molecular weight is 236 g/mol. The number of methoxy groups -OCH3 is 2. The Bertz CT molecular complexity index is 392. The monoisotopic (exact) mass is 236 g/mol. The first-order valence-electron chi connectivity index (χ1n) is 5.62. The highest BCUT2D eigenvalue weighted by molar-refractivity contribution is 5.81. The molecule has 17 heavy (non-hydrogen) atoms. The molecule has 2 rings (SSSR count). The van der Waals surface area contributed by atoms with Gasteiger partial charge in [0.25, 0.3) is 0 Å². The molecule has 1 aromatic carbocycles. The van der Waals surface area contributed by atoms with Crippen molar-refractivity contribution in [2.75, 3.05) is 14.2 Å². The van der Waals surface area contributed by atoms with E-state index in [0.717, 1.165) is 6.42 Å². The Morgan fingerprint density at radius 2 is 1.65 bits per heavy atom. The van der Waals surface area contributed by atoms with Crippen LogP contribution in [0.1, 0.15) is 19.3 Å². The lowest BCUT2D eigenvalue weighted by molar-refractivity contribution is -0.117. The van der Waals surface area contributed by atoms with Crippen molar-refractivity contribution in [1.29, 1.82) is 0 Å². The summed E-state index contributed by atoms with van der Waals surface area (Å²) in [7, 11) is 3.19. The van der Waals surface area contributed by atoms with Crippen molar-refractivity contribution >= 4 is 5.78 Å². The molecule has 0 aromatic heterocycles. The molecule has 92 valence electrons. The third-order valence-corrected chi connectivity index (χ3v) is 2.83. The molecule has 0 bridgehead atoms. The van der Waals surface area contributed by atoms with Crippen LogP contribution < -0.4 is 14.2 Å². The zero-order valence-electron chi connectivity index (χ0n) is 10.1. The van der Waals surface area contributed by atoms with Crippen molar-refractivity contribution in [3.8, 4) is 17.2 Å². The third kappa shape index (κ3) is 2.90. The van der Waals surface area contributed by atoms with Crippen molar-refractivity contribution in [2.45, 2.75) is 25.4 Å². The molecule has 0 aliphatic heterocycles. The summed E-state index contributed by atoms with van der Waals surface area (Å²) in [5, 5.41) is 0. The molecule has 0 amide bonds. The van der Waals surface area contributed by atoms with E-state index in [1.165, 1.54) is 0 Å². The summed E-state index contributed by atoms with van der Waals surface area (Å²) in [5.74, 6) is 2.32. The fourth-order valence-electron chi connectivity index (χ4n) is 1.92. The van der Waals surface area contributed by atoms with Crippen LogP contribution in [0.3, 0.4) is 0 Å². The van der Waals surface area contributed by atoms with Gasteiger partial charge in [0.05, 0.1) is 14.2 Å². The number of carbonyl (C=O) groups excluding carboxylic acids is 1. The van der Waals surface area contributed by atoms with Crippen LogP contribution in [0.25, 0.3) is 0 Å². The summed E-state index contributed by atoms with van der Waals surface area (Å²) in [4.78, 5) is 11.2. The van der Waals surface area contributed by atoms with Gasteiger partial charge in [0.1, 0.15) is 29.1 Å². The van der Waals surface area contributed by atoms with Gasteiger partial charge < -0.3 is 14.2 Å². The van der Waals surface area contributed by atoms with E-state index >= 15 is 0 Å². The highest BCUT2D eigenvalue weighted by atomic mass is 16.5. The maximum Gasteiger partial charge on any atom is 0.136 e. The van der Waals surface area contributed by atoms with E-state index in [1.807, 2.05) is 0 Å². The fraction of sp³-hybridized carbons (Fsp3) is 0.462. The van der Waals surface area contributed by atoms with E-state index in [4.69, 9.17) is 14.2 Å². The van der Waals surface area contributed by atoms with Crippen molar-refractivity contribution in [3.05, 3.63) is 18.2 Å². The van der Waals surface area contributed by atoms with Gasteiger partial charge in [0.2, 0.25) is 0 Å². The minimum Gasteiger partial charge on any atom is -0.496 e. The largest absolute Gasteiger partial charge is 0.496 e. The van der Waals surface area contributed by atoms with Gasteiger partial charge in [-0.15, -0.1) is 0 Å². The number of hydrogen-bond donors (Lipinski definition) is 0. The predicted molar refractivity (Wildman–Crippen MR) is 62.8 cm³/mol. The van der Waals surface area contributed by atoms with Gasteiger partial charge >= 0.3 is 0 Å². The number of rotatable bonds is 4. The SMILES string of the molecule is COc1cc(OC)cc(OC2CCC(=O)C2)c1. The summed E-state index contributed by atoms with van der Waals surface area (Å²) in [6, 6.07) is 5.38. The number of benzene rings is 1. The topological polar surface area (TPSA) is 44.8 Å². The van der Waals surface area contributed by atoms with Crippen molar-refractivity contribution in [2.24, 2.45) is 0 Å². The van der Waals surface area contributed by atoms with Gasteiger partial charge in [0.15, 0.2) is 0 Å². The van der Waals surface area contributed by atoms with Gasteiger partial charge in [-0.3, -0.25) is 4.79 Å². The quantitative estimate of drug-likeness (QED) is 0.804. The standard InChI is InChI=1S/C13H16O4/c1-15-11-6-12(16-2)8-13(7-11)17-10-4-3-9(14)5-10/h6-8,10H,3-5H2,1-2H3. The molecule has 1 aromatic rings. The highest BCUT2D eigenvalue weighted by Gasteiger charge is 2.23. The summed E-state index contributed by atoms with van der Waals surface area (Å²) in [5.41, 5.74) is 0. The number of Topliss-reactive ketones (excluding diaryl/α,β-unsaturated/α-hetero) is 1. The average Bonchev–Trinajstić information content (AvgIpc) is 2.74. The number of ketones is 1. The molecule has 0 heterocycles. The van der Waals surface area contributed by atoms with E-state index < -0.39 is 0 Å². The third-order valence-electron chi connectivity index (χ3n) is 2.83. The lowest BCUT2D eigenvalue weighted by atomic mass is 10.2. The molecule has 1 atom stereocenters. The minimum atomic E-state index is -0.0145. The minimum absolute atomic E-state index is 0.0145. The van der Waals surface area contributed by atoms with Crippen LogP contribution >= 0.6 is 0 Å². The van der Waals surface area contributed by atoms with Gasteiger partial charge in [-0.25, -0.2) is 0 Å². The Morgan fingerprint density at radius 3 is 2.12 bits per heavy atom. The van der Waals surface area contributed by atoms with Crippen molar-refractivity contribution in [1.82, 2.24) is 0 Å². The van der Waals surface area contributed by atoms with E-state index in [2.05, 4.69) is 0 Å². The molecule has 1 saturated carbocycles. The van der Waals surface area contributed by atoms with Crippen LogP contribution in [-0.4, -0.2) is 26.1 Å². The summed E-state index contributed by atoms with van der Waals surface area (Å²) >= 11 is 0. The molecule has 0 spiro atoms. The molecule has 1 aliphatic carbocycles. The molecule has 0 saturated heterocycles. The van der Waals surface area contributed by atoms with Crippen molar-refractivity contribution in [3.63, 3.8) is 0 Å². The smallest absolute Gasteiger partial charge is 0.136 e. The second-order valence-corrected chi connectivity index (χ2v) is 4.07. The van der Waals surface area contributed by atoms with Crippen LogP contribution in [0.4, 0.5) is 0 Å². The molecular formula is C13H16O4. The molecular weight excluding hydrogens is 220 g/mol. The van der Waals surface area contributed by atoms with Gasteiger partial charge in [-0.05, 0) is 6.42 Å². The van der Waals surface area contributed by atoms with Crippen LogP contribution in [-0.2, 0) is 4.79 Å². The predicted octanol–water partition coefficient (Wildman–Crippen LogP) is 2.20. The zero-order valence-corrected chi connectivity index (χ0v) is 10.1. The van der Waals surface area contributed by atoms with E-state index in [1.54, 1.807) is 32.4 Å². The first-order chi connectivity index (χ1) is 8.21. The number of hydrogen-bond acceptors (Lipinski definition) is 4. The molecule has 0 radical (unpaired) electrons. The maximum absolute atomic E-state index is 11.2. The van der Waals surface area contributed by atoms with E-state index in [-0.39, 0.29) is 11.9 Å². The lowest BCUT2D eigenvalue weighted by Gasteiger charge is -2.14. The highest BCUT2D eigenvalue weighted by Crippen LogP contribution is 2.30. The van der Waals surface area contributed by atoms with E-state index in [9.17, 15) is 4.79 Å². The van der Waals surface area contributed by atoms with Gasteiger partial charge in [0, 0.05) is 31.0 Å². The molecule has 4 nitrogen and oxygen atoms in total. The summed E-state index contributed by atoms with van der Waals surface area (Å²) in [6.45, 7) is 0. The molecule has 0 N–H and O–H groups in total. The molecule has 1 unspecified atom stereocenters. The second-order valence-electron chi connectivity index (χ2n) is 4.07. The second kappa shape index (κ2) is 5.08. The van der Waals surface area contributed by atoms with E-state index in [0.29, 0.717) is 30.1 Å². The Hall–Kier alpha value is -1.71.